The van der Waals surface area contributed by atoms with Crippen LogP contribution in [0.5, 0.6) is 0 Å². The number of nitrogens with zero attached hydrogens (tertiary/aromatic N) is 1. The van der Waals surface area contributed by atoms with Gasteiger partial charge in [-0.1, -0.05) is 18.2 Å². The monoisotopic (exact) mass is 714 g/mol. The molecule has 1 N–H and O–H groups in total. The average molecular weight is 715 g/mol. The van der Waals surface area contributed by atoms with E-state index in [9.17, 15) is 31.5 Å². The molecular weight excluding hydrogens is 674 g/mol. The fraction of sp³-hybridized carbons (Fsp3) is 0.733. The quantitative estimate of drug-likeness (QED) is 0.138. The van der Waals surface area contributed by atoms with Crippen molar-refractivity contribution in [2.45, 2.75) is 88.0 Å². The molecule has 2 heterocycles. The van der Waals surface area contributed by atoms with E-state index in [0.29, 0.717) is 29.8 Å². The zero-order chi connectivity index (χ0) is 31.1. The molecule has 236 valence electrons. The van der Waals surface area contributed by atoms with Crippen LogP contribution in [0.1, 0.15) is 87.2 Å². The lowest BCUT2D eigenvalue weighted by atomic mass is 9.65. The Labute approximate surface area is 257 Å². The molecule has 6 nitrogen and oxygen atoms in total. The van der Waals surface area contributed by atoms with E-state index in [1.165, 1.54) is 4.90 Å². The van der Waals surface area contributed by atoms with E-state index < -0.39 is 38.4 Å². The highest BCUT2D eigenvalue weighted by atomic mass is 127. The second kappa shape index (κ2) is 12.1. The molecule has 2 aliphatic heterocycles. The average Bonchev–Trinajstić information content (AvgIpc) is 2.85. The molecule has 1 spiro atoms. The molecule has 1 atom stereocenters. The lowest BCUT2D eigenvalue weighted by Crippen LogP contribution is -2.70. The van der Waals surface area contributed by atoms with Crippen molar-refractivity contribution < 1.29 is 41.0 Å². The van der Waals surface area contributed by atoms with Crippen molar-refractivity contribution in [2.75, 3.05) is 32.8 Å². The molecule has 1 saturated carbocycles. The molecule has 0 aromatic heterocycles. The molecule has 3 fully saturated rings. The number of ether oxygens (including phenoxy) is 2. The van der Waals surface area contributed by atoms with E-state index in [1.807, 2.05) is 22.6 Å². The predicted molar refractivity (Wildman–Crippen MR) is 156 cm³/mol. The number of carbonyl (C=O) groups is 2. The first-order valence-electron chi connectivity index (χ1n) is 14.4. The minimum Gasteiger partial charge on any atom is -0.445 e. The van der Waals surface area contributed by atoms with E-state index in [0.717, 1.165) is 26.8 Å². The SMILES string of the molecule is CC(C)(I)OC(=O)c1c(COC[C@@H]2CCNCC23CN(C(=O)C(C)(C)C(F)(F)F)C3)cccc1C1CCC(F)(F)CC1. The van der Waals surface area contributed by atoms with Crippen molar-refractivity contribution in [1.82, 2.24) is 10.2 Å². The molecule has 3 aliphatic rings. The molecule has 0 bridgehead atoms. The Hall–Kier alpha value is -1.54. The van der Waals surface area contributed by atoms with Crippen LogP contribution in [0.25, 0.3) is 0 Å². The van der Waals surface area contributed by atoms with Crippen LogP contribution in [0, 0.1) is 16.7 Å². The van der Waals surface area contributed by atoms with Crippen LogP contribution in [0.4, 0.5) is 22.0 Å². The summed E-state index contributed by atoms with van der Waals surface area (Å²) >= 11 is 2.02. The Morgan fingerprint density at radius 1 is 1.07 bits per heavy atom. The van der Waals surface area contributed by atoms with Gasteiger partial charge in [0.25, 0.3) is 0 Å². The molecule has 0 radical (unpaired) electrons. The number of rotatable bonds is 8. The summed E-state index contributed by atoms with van der Waals surface area (Å²) in [5, 5.41) is 3.31. The molecule has 0 unspecified atom stereocenters. The lowest BCUT2D eigenvalue weighted by molar-refractivity contribution is -0.224. The third kappa shape index (κ3) is 7.22. The van der Waals surface area contributed by atoms with Crippen LogP contribution in [-0.4, -0.2) is 65.3 Å². The third-order valence-corrected chi connectivity index (χ3v) is 9.23. The van der Waals surface area contributed by atoms with E-state index in [2.05, 4.69) is 5.32 Å². The number of hydrogen-bond acceptors (Lipinski definition) is 5. The molecule has 42 heavy (non-hydrogen) atoms. The fourth-order valence-electron chi connectivity index (χ4n) is 6.33. The normalized spacial score (nSPS) is 23.0. The lowest BCUT2D eigenvalue weighted by Gasteiger charge is -2.57. The van der Waals surface area contributed by atoms with Crippen molar-refractivity contribution >= 4 is 34.5 Å². The summed E-state index contributed by atoms with van der Waals surface area (Å²) in [5.41, 5.74) is -1.20. The number of carbonyl (C=O) groups excluding carboxylic acids is 2. The summed E-state index contributed by atoms with van der Waals surface area (Å²) in [4.78, 5) is 27.4. The van der Waals surface area contributed by atoms with E-state index in [4.69, 9.17) is 9.47 Å². The van der Waals surface area contributed by atoms with Gasteiger partial charge in [0, 0.05) is 37.9 Å². The van der Waals surface area contributed by atoms with Gasteiger partial charge in [0.1, 0.15) is 5.41 Å². The van der Waals surface area contributed by atoms with Gasteiger partial charge < -0.3 is 19.7 Å². The number of amides is 1. The summed E-state index contributed by atoms with van der Waals surface area (Å²) in [6.45, 7) is 7.46. The van der Waals surface area contributed by atoms with Crippen molar-refractivity contribution in [2.24, 2.45) is 16.7 Å². The standard InChI is InChI=1S/C30H40F5IN2O4/c1-26(2,30(33,34)35)25(40)38-17-28(18-38)16-37-13-10-21(28)15-41-14-20-6-5-7-22(19-8-11-29(31,32)12-9-19)23(20)24(39)42-27(3,4)36/h5-7,19,21,37H,8-18H2,1-4H3/t21-/m0/s1. The summed E-state index contributed by atoms with van der Waals surface area (Å²) in [6.07, 6.45) is -3.84. The first kappa shape index (κ1) is 33.4. The maximum Gasteiger partial charge on any atom is 0.402 e. The van der Waals surface area contributed by atoms with Gasteiger partial charge in [-0.3, -0.25) is 4.79 Å². The van der Waals surface area contributed by atoms with Crippen molar-refractivity contribution in [3.05, 3.63) is 34.9 Å². The van der Waals surface area contributed by atoms with Crippen LogP contribution in [0.2, 0.25) is 0 Å². The Kier molecular flexibility index (Phi) is 9.61. The highest BCUT2D eigenvalue weighted by molar-refractivity contribution is 14.1. The largest absolute Gasteiger partial charge is 0.445 e. The topological polar surface area (TPSA) is 67.9 Å². The number of halogens is 6. The summed E-state index contributed by atoms with van der Waals surface area (Å²) in [5.74, 6) is -4.35. The van der Waals surface area contributed by atoms with Crippen LogP contribution in [0.15, 0.2) is 18.2 Å². The van der Waals surface area contributed by atoms with Gasteiger partial charge in [0.15, 0.2) is 3.61 Å². The van der Waals surface area contributed by atoms with Gasteiger partial charge in [0.2, 0.25) is 11.8 Å². The van der Waals surface area contributed by atoms with Crippen molar-refractivity contribution in [3.8, 4) is 0 Å². The zero-order valence-electron chi connectivity index (χ0n) is 24.5. The van der Waals surface area contributed by atoms with Crippen molar-refractivity contribution in [1.29, 1.82) is 0 Å². The van der Waals surface area contributed by atoms with Crippen LogP contribution < -0.4 is 5.32 Å². The van der Waals surface area contributed by atoms with Crippen LogP contribution >= 0.6 is 22.6 Å². The number of esters is 1. The molecular formula is C30H40F5IN2O4. The Bertz CT molecular complexity index is 1150. The highest BCUT2D eigenvalue weighted by Gasteiger charge is 2.59. The van der Waals surface area contributed by atoms with E-state index in [1.54, 1.807) is 32.0 Å². The first-order chi connectivity index (χ1) is 19.4. The van der Waals surface area contributed by atoms with Gasteiger partial charge in [-0.2, -0.15) is 13.2 Å². The predicted octanol–water partition coefficient (Wildman–Crippen LogP) is 6.85. The highest BCUT2D eigenvalue weighted by Crippen LogP contribution is 2.47. The number of piperidine rings is 1. The summed E-state index contributed by atoms with van der Waals surface area (Å²) < 4.78 is 79.2. The number of hydrogen-bond donors (Lipinski definition) is 1. The first-order valence-corrected chi connectivity index (χ1v) is 15.5. The van der Waals surface area contributed by atoms with Crippen molar-refractivity contribution in [3.63, 3.8) is 0 Å². The second-order valence-electron chi connectivity index (χ2n) is 13.1. The Morgan fingerprint density at radius 3 is 2.31 bits per heavy atom. The molecule has 12 heteroatoms. The van der Waals surface area contributed by atoms with Crippen LogP contribution in [-0.2, 0) is 20.9 Å². The third-order valence-electron chi connectivity index (χ3n) is 9.01. The van der Waals surface area contributed by atoms with Gasteiger partial charge in [-0.05, 0) is 99.1 Å². The maximum absolute atomic E-state index is 13.9. The molecule has 2 saturated heterocycles. The molecule has 1 aromatic carbocycles. The molecule has 1 amide bonds. The Morgan fingerprint density at radius 2 is 1.71 bits per heavy atom. The summed E-state index contributed by atoms with van der Waals surface area (Å²) in [7, 11) is 0. The fourth-order valence-corrected chi connectivity index (χ4v) is 6.53. The number of nitrogens with one attached hydrogen (secondary N) is 1. The van der Waals surface area contributed by atoms with E-state index in [-0.39, 0.29) is 57.2 Å². The number of likely N-dealkylation sites (tertiary alicyclic amines) is 1. The second-order valence-corrected chi connectivity index (χ2v) is 15.7. The van der Waals surface area contributed by atoms with Gasteiger partial charge >= 0.3 is 12.1 Å². The van der Waals surface area contributed by atoms with Gasteiger partial charge in [0.05, 0.1) is 18.8 Å². The van der Waals surface area contributed by atoms with Gasteiger partial charge in [-0.15, -0.1) is 0 Å². The minimum atomic E-state index is -4.64. The summed E-state index contributed by atoms with van der Waals surface area (Å²) in [6, 6.07) is 5.38. The van der Waals surface area contributed by atoms with E-state index >= 15 is 0 Å². The zero-order valence-corrected chi connectivity index (χ0v) is 26.7. The molecule has 4 rings (SSSR count). The number of benzene rings is 1. The number of alkyl halides is 6. The minimum absolute atomic E-state index is 0.00392. The maximum atomic E-state index is 13.9. The molecule has 1 aliphatic carbocycles. The molecule has 1 aromatic rings. The Balaban J connectivity index is 1.47. The smallest absolute Gasteiger partial charge is 0.402 e. The van der Waals surface area contributed by atoms with Crippen LogP contribution in [0.3, 0.4) is 0 Å². The van der Waals surface area contributed by atoms with Gasteiger partial charge in [-0.25, -0.2) is 13.6 Å².